The van der Waals surface area contributed by atoms with Crippen molar-refractivity contribution in [2.45, 2.75) is 18.9 Å². The molecular formula is C23H28N4O4. The zero-order chi connectivity index (χ0) is 22.2. The molecule has 0 aliphatic carbocycles. The Kier molecular flexibility index (Phi) is 7.61. The SMILES string of the molecule is CN(C)C(=O)c1ccc(NC(=O)CNc2cccc(C(=O)NCC3CCCO3)c2)cc1. The van der Waals surface area contributed by atoms with Gasteiger partial charge in [0.1, 0.15) is 0 Å². The Balaban J connectivity index is 1.48. The maximum absolute atomic E-state index is 12.3. The summed E-state index contributed by atoms with van der Waals surface area (Å²) in [5.41, 5.74) is 2.34. The second-order valence-electron chi connectivity index (χ2n) is 7.60. The predicted molar refractivity (Wildman–Crippen MR) is 119 cm³/mol. The molecule has 31 heavy (non-hydrogen) atoms. The molecule has 1 unspecified atom stereocenters. The minimum atomic E-state index is -0.236. The zero-order valence-corrected chi connectivity index (χ0v) is 17.8. The van der Waals surface area contributed by atoms with E-state index in [0.29, 0.717) is 29.0 Å². The molecule has 0 bridgehead atoms. The highest BCUT2D eigenvalue weighted by molar-refractivity contribution is 5.97. The molecule has 3 N–H and O–H groups in total. The third-order valence-corrected chi connectivity index (χ3v) is 4.91. The van der Waals surface area contributed by atoms with Gasteiger partial charge in [-0.15, -0.1) is 0 Å². The van der Waals surface area contributed by atoms with Crippen LogP contribution in [0.3, 0.4) is 0 Å². The summed E-state index contributed by atoms with van der Waals surface area (Å²) in [5.74, 6) is -0.505. The van der Waals surface area contributed by atoms with Gasteiger partial charge < -0.3 is 25.6 Å². The number of ether oxygens (including phenoxy) is 1. The summed E-state index contributed by atoms with van der Waals surface area (Å²) in [7, 11) is 3.37. The van der Waals surface area contributed by atoms with Gasteiger partial charge in [-0.1, -0.05) is 6.07 Å². The number of nitrogens with one attached hydrogen (secondary N) is 3. The lowest BCUT2D eigenvalue weighted by molar-refractivity contribution is -0.114. The molecule has 0 saturated carbocycles. The van der Waals surface area contributed by atoms with Crippen LogP contribution >= 0.6 is 0 Å². The maximum atomic E-state index is 12.3. The van der Waals surface area contributed by atoms with Gasteiger partial charge in [0, 0.05) is 49.7 Å². The number of hydrogen-bond donors (Lipinski definition) is 3. The van der Waals surface area contributed by atoms with Crippen LogP contribution in [0.2, 0.25) is 0 Å². The van der Waals surface area contributed by atoms with Gasteiger partial charge in [0.2, 0.25) is 5.91 Å². The molecular weight excluding hydrogens is 396 g/mol. The summed E-state index contributed by atoms with van der Waals surface area (Å²) in [6.07, 6.45) is 2.08. The molecule has 1 atom stereocenters. The molecule has 0 spiro atoms. The first kappa shape index (κ1) is 22.3. The van der Waals surface area contributed by atoms with Crippen molar-refractivity contribution in [3.05, 3.63) is 59.7 Å². The largest absolute Gasteiger partial charge is 0.376 e. The van der Waals surface area contributed by atoms with Gasteiger partial charge in [-0.25, -0.2) is 0 Å². The summed E-state index contributed by atoms with van der Waals surface area (Å²) < 4.78 is 5.51. The maximum Gasteiger partial charge on any atom is 0.253 e. The zero-order valence-electron chi connectivity index (χ0n) is 17.8. The number of carbonyl (C=O) groups is 3. The van der Waals surface area contributed by atoms with Crippen LogP contribution in [0.25, 0.3) is 0 Å². The van der Waals surface area contributed by atoms with Crippen LogP contribution in [0.15, 0.2) is 48.5 Å². The van der Waals surface area contributed by atoms with Crippen molar-refractivity contribution in [2.24, 2.45) is 0 Å². The number of rotatable bonds is 8. The Morgan fingerprint density at radius 1 is 1.03 bits per heavy atom. The summed E-state index contributed by atoms with van der Waals surface area (Å²) in [4.78, 5) is 38.0. The highest BCUT2D eigenvalue weighted by Crippen LogP contribution is 2.14. The van der Waals surface area contributed by atoms with E-state index in [1.54, 1.807) is 62.6 Å². The first-order valence-corrected chi connectivity index (χ1v) is 10.3. The van der Waals surface area contributed by atoms with Crippen molar-refractivity contribution < 1.29 is 19.1 Å². The minimum Gasteiger partial charge on any atom is -0.376 e. The number of benzene rings is 2. The van der Waals surface area contributed by atoms with Crippen LogP contribution in [0.5, 0.6) is 0 Å². The third-order valence-electron chi connectivity index (χ3n) is 4.91. The number of hydrogen-bond acceptors (Lipinski definition) is 5. The van der Waals surface area contributed by atoms with Gasteiger partial charge in [0.15, 0.2) is 0 Å². The first-order chi connectivity index (χ1) is 14.9. The highest BCUT2D eigenvalue weighted by atomic mass is 16.5. The monoisotopic (exact) mass is 424 g/mol. The fourth-order valence-corrected chi connectivity index (χ4v) is 3.23. The number of carbonyl (C=O) groups excluding carboxylic acids is 3. The summed E-state index contributed by atoms with van der Waals surface area (Å²) in [6, 6.07) is 13.7. The molecule has 1 saturated heterocycles. The van der Waals surface area contributed by atoms with E-state index >= 15 is 0 Å². The topological polar surface area (TPSA) is 99.8 Å². The van der Waals surface area contributed by atoms with Crippen LogP contribution < -0.4 is 16.0 Å². The second kappa shape index (κ2) is 10.6. The standard InChI is InChI=1S/C23H28N4O4/c1-27(2)23(30)16-8-10-18(11-9-16)26-21(28)15-24-19-6-3-5-17(13-19)22(29)25-14-20-7-4-12-31-20/h3,5-6,8-11,13,20,24H,4,7,12,14-15H2,1-2H3,(H,25,29)(H,26,28). The smallest absolute Gasteiger partial charge is 0.253 e. The molecule has 3 rings (SSSR count). The Bertz CT molecular complexity index is 921. The van der Waals surface area contributed by atoms with E-state index in [0.717, 1.165) is 19.4 Å². The van der Waals surface area contributed by atoms with E-state index in [-0.39, 0.29) is 30.4 Å². The lowest BCUT2D eigenvalue weighted by atomic mass is 10.1. The van der Waals surface area contributed by atoms with Crippen LogP contribution in [0, 0.1) is 0 Å². The van der Waals surface area contributed by atoms with Gasteiger partial charge in [0.25, 0.3) is 11.8 Å². The molecule has 8 heteroatoms. The van der Waals surface area contributed by atoms with Gasteiger partial charge in [-0.2, -0.15) is 0 Å². The van der Waals surface area contributed by atoms with Gasteiger partial charge in [-0.05, 0) is 55.3 Å². The lowest BCUT2D eigenvalue weighted by Gasteiger charge is -2.12. The summed E-state index contributed by atoms with van der Waals surface area (Å²) >= 11 is 0. The van der Waals surface area contributed by atoms with E-state index < -0.39 is 0 Å². The Labute approximate surface area is 182 Å². The van der Waals surface area contributed by atoms with Crippen molar-refractivity contribution >= 4 is 29.1 Å². The molecule has 164 valence electrons. The van der Waals surface area contributed by atoms with Crippen molar-refractivity contribution in [2.75, 3.05) is 44.4 Å². The van der Waals surface area contributed by atoms with E-state index in [1.807, 2.05) is 0 Å². The minimum absolute atomic E-state index is 0.0410. The molecule has 0 aromatic heterocycles. The predicted octanol–water partition coefficient (Wildman–Crippen LogP) is 2.35. The van der Waals surface area contributed by atoms with Crippen LogP contribution in [0.4, 0.5) is 11.4 Å². The van der Waals surface area contributed by atoms with E-state index in [1.165, 1.54) is 4.90 Å². The molecule has 8 nitrogen and oxygen atoms in total. The molecule has 1 aliphatic rings. The average molecular weight is 425 g/mol. The quantitative estimate of drug-likeness (QED) is 0.604. The van der Waals surface area contributed by atoms with E-state index in [2.05, 4.69) is 16.0 Å². The Morgan fingerprint density at radius 2 is 1.81 bits per heavy atom. The number of amides is 3. The van der Waals surface area contributed by atoms with Gasteiger partial charge in [-0.3, -0.25) is 14.4 Å². The molecule has 1 fully saturated rings. The van der Waals surface area contributed by atoms with Crippen LogP contribution in [-0.4, -0.2) is 62.5 Å². The molecule has 2 aromatic carbocycles. The third kappa shape index (κ3) is 6.55. The fraction of sp³-hybridized carbons (Fsp3) is 0.348. The van der Waals surface area contributed by atoms with Crippen molar-refractivity contribution in [1.82, 2.24) is 10.2 Å². The average Bonchev–Trinajstić information content (AvgIpc) is 3.30. The molecule has 0 radical (unpaired) electrons. The normalized spacial score (nSPS) is 15.2. The van der Waals surface area contributed by atoms with Gasteiger partial charge >= 0.3 is 0 Å². The molecule has 1 aliphatic heterocycles. The second-order valence-corrected chi connectivity index (χ2v) is 7.60. The summed E-state index contributed by atoms with van der Waals surface area (Å²) in [5, 5.41) is 8.69. The van der Waals surface area contributed by atoms with Crippen LogP contribution in [0.1, 0.15) is 33.6 Å². The number of anilines is 2. The van der Waals surface area contributed by atoms with Crippen molar-refractivity contribution in [1.29, 1.82) is 0 Å². The Morgan fingerprint density at radius 3 is 2.48 bits per heavy atom. The highest BCUT2D eigenvalue weighted by Gasteiger charge is 2.17. The molecule has 3 amide bonds. The Hall–Kier alpha value is -3.39. The number of nitrogens with zero attached hydrogens (tertiary/aromatic N) is 1. The fourth-order valence-electron chi connectivity index (χ4n) is 3.23. The summed E-state index contributed by atoms with van der Waals surface area (Å²) in [6.45, 7) is 1.29. The van der Waals surface area contributed by atoms with E-state index in [9.17, 15) is 14.4 Å². The van der Waals surface area contributed by atoms with E-state index in [4.69, 9.17) is 4.74 Å². The van der Waals surface area contributed by atoms with Crippen molar-refractivity contribution in [3.8, 4) is 0 Å². The molecule has 2 aromatic rings. The van der Waals surface area contributed by atoms with Crippen LogP contribution in [-0.2, 0) is 9.53 Å². The molecule has 1 heterocycles. The van der Waals surface area contributed by atoms with Crippen molar-refractivity contribution in [3.63, 3.8) is 0 Å². The van der Waals surface area contributed by atoms with Gasteiger partial charge in [0.05, 0.1) is 12.6 Å². The lowest BCUT2D eigenvalue weighted by Crippen LogP contribution is -2.31. The first-order valence-electron chi connectivity index (χ1n) is 10.3.